The zero-order valence-corrected chi connectivity index (χ0v) is 11.3. The molecule has 2 rings (SSSR count). The lowest BCUT2D eigenvalue weighted by Crippen LogP contribution is -1.99. The van der Waals surface area contributed by atoms with Crippen molar-refractivity contribution in [1.82, 2.24) is 0 Å². The van der Waals surface area contributed by atoms with E-state index in [1.165, 1.54) is 18.2 Å². The van der Waals surface area contributed by atoms with E-state index in [4.69, 9.17) is 4.74 Å². The van der Waals surface area contributed by atoms with Crippen molar-refractivity contribution in [2.75, 3.05) is 0 Å². The minimum Gasteiger partial charge on any atom is -0.486 e. The molecule has 0 amide bonds. The van der Waals surface area contributed by atoms with Crippen LogP contribution in [0.2, 0.25) is 0 Å². The predicted octanol–water partition coefficient (Wildman–Crippen LogP) is 4.08. The van der Waals surface area contributed by atoms with Gasteiger partial charge in [-0.05, 0) is 39.7 Å². The molecular formula is C13H9BrFNO3. The maximum Gasteiger partial charge on any atom is 0.283 e. The van der Waals surface area contributed by atoms with Gasteiger partial charge in [-0.3, -0.25) is 10.1 Å². The van der Waals surface area contributed by atoms with E-state index >= 15 is 0 Å². The predicted molar refractivity (Wildman–Crippen MR) is 71.5 cm³/mol. The Morgan fingerprint density at radius 3 is 2.68 bits per heavy atom. The first kappa shape index (κ1) is 13.5. The summed E-state index contributed by atoms with van der Waals surface area (Å²) in [5.74, 6) is -0.345. The van der Waals surface area contributed by atoms with Crippen molar-refractivity contribution < 1.29 is 14.1 Å². The van der Waals surface area contributed by atoms with Crippen molar-refractivity contribution in [3.63, 3.8) is 0 Å². The van der Waals surface area contributed by atoms with E-state index in [-0.39, 0.29) is 18.0 Å². The van der Waals surface area contributed by atoms with Gasteiger partial charge in [-0.15, -0.1) is 0 Å². The molecule has 0 fully saturated rings. The normalized spacial score (nSPS) is 10.2. The standard InChI is InChI=1S/C13H9BrFNO3/c14-10-6-5-9(7-12(10)16(17)18)8-19-13-4-2-1-3-11(13)15/h1-7H,8H2. The summed E-state index contributed by atoms with van der Waals surface area (Å²) in [5, 5.41) is 10.8. The van der Waals surface area contributed by atoms with E-state index in [1.54, 1.807) is 24.3 Å². The fourth-order valence-corrected chi connectivity index (χ4v) is 1.90. The van der Waals surface area contributed by atoms with Crippen molar-refractivity contribution in [2.45, 2.75) is 6.61 Å². The first-order valence-corrected chi connectivity index (χ1v) is 6.17. The fraction of sp³-hybridized carbons (Fsp3) is 0.0769. The number of para-hydroxylation sites is 1. The van der Waals surface area contributed by atoms with Gasteiger partial charge in [0, 0.05) is 6.07 Å². The van der Waals surface area contributed by atoms with Crippen molar-refractivity contribution in [2.24, 2.45) is 0 Å². The molecule has 19 heavy (non-hydrogen) atoms. The smallest absolute Gasteiger partial charge is 0.283 e. The summed E-state index contributed by atoms with van der Waals surface area (Å²) in [6.07, 6.45) is 0. The third kappa shape index (κ3) is 3.29. The number of halogens is 2. The Hall–Kier alpha value is -1.95. The third-order valence-corrected chi connectivity index (χ3v) is 3.11. The van der Waals surface area contributed by atoms with Crippen LogP contribution in [0.25, 0.3) is 0 Å². The Balaban J connectivity index is 2.14. The molecule has 0 radical (unpaired) electrons. The quantitative estimate of drug-likeness (QED) is 0.628. The second kappa shape index (κ2) is 5.79. The molecule has 0 aliphatic carbocycles. The number of ether oxygens (including phenoxy) is 1. The van der Waals surface area contributed by atoms with Gasteiger partial charge >= 0.3 is 0 Å². The van der Waals surface area contributed by atoms with Crippen LogP contribution in [0.5, 0.6) is 5.75 Å². The first-order valence-electron chi connectivity index (χ1n) is 5.38. The molecule has 0 aromatic heterocycles. The molecule has 0 spiro atoms. The highest BCUT2D eigenvalue weighted by Crippen LogP contribution is 2.26. The molecule has 0 unspecified atom stereocenters. The number of benzene rings is 2. The molecule has 6 heteroatoms. The van der Waals surface area contributed by atoms with Gasteiger partial charge in [0.2, 0.25) is 0 Å². The van der Waals surface area contributed by atoms with Gasteiger partial charge in [0.25, 0.3) is 5.69 Å². The van der Waals surface area contributed by atoms with Crippen LogP contribution in [0.4, 0.5) is 10.1 Å². The summed E-state index contributed by atoms with van der Waals surface area (Å²) in [4.78, 5) is 10.3. The van der Waals surface area contributed by atoms with Crippen LogP contribution in [0.15, 0.2) is 46.9 Å². The summed E-state index contributed by atoms with van der Waals surface area (Å²) in [6, 6.07) is 10.7. The summed E-state index contributed by atoms with van der Waals surface area (Å²) in [7, 11) is 0. The topological polar surface area (TPSA) is 52.4 Å². The minimum atomic E-state index is -0.489. The lowest BCUT2D eigenvalue weighted by molar-refractivity contribution is -0.385. The highest BCUT2D eigenvalue weighted by atomic mass is 79.9. The second-order valence-electron chi connectivity index (χ2n) is 3.76. The van der Waals surface area contributed by atoms with Gasteiger partial charge in [-0.2, -0.15) is 0 Å². The highest BCUT2D eigenvalue weighted by molar-refractivity contribution is 9.10. The summed E-state index contributed by atoms with van der Waals surface area (Å²) in [5.41, 5.74) is 0.549. The second-order valence-corrected chi connectivity index (χ2v) is 4.62. The number of nitro benzene ring substituents is 1. The zero-order chi connectivity index (χ0) is 13.8. The van der Waals surface area contributed by atoms with Crippen LogP contribution in [-0.2, 0) is 6.61 Å². The van der Waals surface area contributed by atoms with Gasteiger partial charge in [-0.1, -0.05) is 18.2 Å². The molecule has 0 saturated heterocycles. The van der Waals surface area contributed by atoms with Gasteiger partial charge in [0.05, 0.1) is 9.40 Å². The Morgan fingerprint density at radius 1 is 1.26 bits per heavy atom. The number of nitro groups is 1. The minimum absolute atomic E-state index is 0.0466. The largest absolute Gasteiger partial charge is 0.486 e. The Kier molecular flexibility index (Phi) is 4.11. The number of hydrogen-bond donors (Lipinski definition) is 0. The Bertz CT molecular complexity index is 619. The average molecular weight is 326 g/mol. The van der Waals surface area contributed by atoms with Crippen LogP contribution in [-0.4, -0.2) is 4.92 Å². The van der Waals surface area contributed by atoms with Gasteiger partial charge in [-0.25, -0.2) is 4.39 Å². The molecular weight excluding hydrogens is 317 g/mol. The fourth-order valence-electron chi connectivity index (χ4n) is 1.51. The molecule has 0 N–H and O–H groups in total. The number of rotatable bonds is 4. The monoisotopic (exact) mass is 325 g/mol. The van der Waals surface area contributed by atoms with Gasteiger partial charge in [0.15, 0.2) is 11.6 Å². The van der Waals surface area contributed by atoms with Crippen molar-refractivity contribution in [3.05, 3.63) is 68.4 Å². The molecule has 2 aromatic carbocycles. The molecule has 2 aromatic rings. The van der Waals surface area contributed by atoms with Crippen LogP contribution < -0.4 is 4.74 Å². The van der Waals surface area contributed by atoms with Crippen LogP contribution in [0, 0.1) is 15.9 Å². The lowest BCUT2D eigenvalue weighted by atomic mass is 10.2. The molecule has 0 saturated carbocycles. The number of hydrogen-bond acceptors (Lipinski definition) is 3. The Labute approximate surface area is 117 Å². The average Bonchev–Trinajstić information content (AvgIpc) is 2.39. The molecule has 0 atom stereocenters. The van der Waals surface area contributed by atoms with E-state index in [1.807, 2.05) is 0 Å². The third-order valence-electron chi connectivity index (χ3n) is 2.44. The maximum absolute atomic E-state index is 13.3. The Morgan fingerprint density at radius 2 is 2.00 bits per heavy atom. The van der Waals surface area contributed by atoms with Crippen LogP contribution in [0.3, 0.4) is 0 Å². The maximum atomic E-state index is 13.3. The number of nitrogens with zero attached hydrogens (tertiary/aromatic N) is 1. The summed E-state index contributed by atoms with van der Waals surface area (Å²) >= 11 is 3.10. The molecule has 0 heterocycles. The highest BCUT2D eigenvalue weighted by Gasteiger charge is 2.12. The SMILES string of the molecule is O=[N+]([O-])c1cc(COc2ccccc2F)ccc1Br. The van der Waals surface area contributed by atoms with Crippen LogP contribution >= 0.6 is 15.9 Å². The van der Waals surface area contributed by atoms with E-state index in [9.17, 15) is 14.5 Å². The van der Waals surface area contributed by atoms with E-state index < -0.39 is 10.7 Å². The first-order chi connectivity index (χ1) is 9.08. The molecule has 4 nitrogen and oxygen atoms in total. The molecule has 0 bridgehead atoms. The molecule has 0 aliphatic rings. The van der Waals surface area contributed by atoms with E-state index in [2.05, 4.69) is 15.9 Å². The van der Waals surface area contributed by atoms with Crippen molar-refractivity contribution >= 4 is 21.6 Å². The van der Waals surface area contributed by atoms with E-state index in [0.717, 1.165) is 0 Å². The van der Waals surface area contributed by atoms with Crippen LogP contribution in [0.1, 0.15) is 5.56 Å². The lowest BCUT2D eigenvalue weighted by Gasteiger charge is -2.07. The van der Waals surface area contributed by atoms with Crippen molar-refractivity contribution in [1.29, 1.82) is 0 Å². The molecule has 0 aliphatic heterocycles. The van der Waals surface area contributed by atoms with Gasteiger partial charge in [0.1, 0.15) is 6.61 Å². The zero-order valence-electron chi connectivity index (χ0n) is 9.68. The molecule has 98 valence electrons. The van der Waals surface area contributed by atoms with Crippen molar-refractivity contribution in [3.8, 4) is 5.75 Å². The van der Waals surface area contributed by atoms with Gasteiger partial charge < -0.3 is 4.74 Å². The summed E-state index contributed by atoms with van der Waals surface area (Å²) in [6.45, 7) is 0.0645. The van der Waals surface area contributed by atoms with E-state index in [0.29, 0.717) is 10.0 Å². The summed E-state index contributed by atoms with van der Waals surface area (Å²) < 4.78 is 19.0.